The first-order valence-electron chi connectivity index (χ1n) is 7.72. The molecule has 1 amide bonds. The smallest absolute Gasteiger partial charge is 0.261 e. The maximum atomic E-state index is 12.4. The molecule has 0 saturated carbocycles. The monoisotopic (exact) mass is 318 g/mol. The van der Waals surface area contributed by atoms with Crippen LogP contribution in [0.1, 0.15) is 21.5 Å². The maximum absolute atomic E-state index is 12.4. The van der Waals surface area contributed by atoms with E-state index in [-0.39, 0.29) is 5.56 Å². The molecular formula is C20H18N2O2. The fourth-order valence-electron chi connectivity index (χ4n) is 2.58. The van der Waals surface area contributed by atoms with E-state index >= 15 is 0 Å². The molecule has 2 N–H and O–H groups in total. The van der Waals surface area contributed by atoms with Gasteiger partial charge in [0, 0.05) is 11.4 Å². The number of rotatable bonds is 3. The van der Waals surface area contributed by atoms with Gasteiger partial charge in [0.25, 0.3) is 11.5 Å². The maximum Gasteiger partial charge on any atom is 0.261 e. The van der Waals surface area contributed by atoms with E-state index in [0.717, 1.165) is 16.7 Å². The minimum absolute atomic E-state index is 0.0923. The number of carbonyl (C=O) groups is 1. The van der Waals surface area contributed by atoms with Crippen LogP contribution in [0.25, 0.3) is 11.3 Å². The first kappa shape index (κ1) is 15.7. The highest BCUT2D eigenvalue weighted by Crippen LogP contribution is 2.18. The standard InChI is InChI=1S/C20H18N2O2/c1-13-8-10-17(14(2)12-13)21-19(23)16-9-11-18(22-20(16)24)15-6-4-3-5-7-15/h3-12H,1-2H3,(H,21,23)(H,22,24). The third kappa shape index (κ3) is 3.27. The van der Waals surface area contributed by atoms with Crippen molar-refractivity contribution in [3.63, 3.8) is 0 Å². The summed E-state index contributed by atoms with van der Waals surface area (Å²) in [6.07, 6.45) is 0. The lowest BCUT2D eigenvalue weighted by atomic mass is 10.1. The van der Waals surface area contributed by atoms with E-state index in [9.17, 15) is 9.59 Å². The normalized spacial score (nSPS) is 10.4. The van der Waals surface area contributed by atoms with Crippen molar-refractivity contribution in [2.45, 2.75) is 13.8 Å². The van der Waals surface area contributed by atoms with Crippen LogP contribution in [0.3, 0.4) is 0 Å². The largest absolute Gasteiger partial charge is 0.322 e. The molecular weight excluding hydrogens is 300 g/mol. The summed E-state index contributed by atoms with van der Waals surface area (Å²) in [7, 11) is 0. The van der Waals surface area contributed by atoms with Gasteiger partial charge in [-0.3, -0.25) is 9.59 Å². The molecule has 0 saturated heterocycles. The van der Waals surface area contributed by atoms with E-state index in [4.69, 9.17) is 0 Å². The molecule has 24 heavy (non-hydrogen) atoms. The average Bonchev–Trinajstić information content (AvgIpc) is 2.58. The Kier molecular flexibility index (Phi) is 4.29. The van der Waals surface area contributed by atoms with Crippen LogP contribution in [0.4, 0.5) is 5.69 Å². The van der Waals surface area contributed by atoms with Crippen molar-refractivity contribution in [1.29, 1.82) is 0 Å². The highest BCUT2D eigenvalue weighted by Gasteiger charge is 2.12. The fourth-order valence-corrected chi connectivity index (χ4v) is 2.58. The van der Waals surface area contributed by atoms with Gasteiger partial charge in [-0.15, -0.1) is 0 Å². The molecule has 3 aromatic rings. The molecule has 0 aliphatic rings. The van der Waals surface area contributed by atoms with Crippen LogP contribution in [0.5, 0.6) is 0 Å². The van der Waals surface area contributed by atoms with Crippen molar-refractivity contribution < 1.29 is 4.79 Å². The second-order valence-corrected chi connectivity index (χ2v) is 5.75. The SMILES string of the molecule is Cc1ccc(NC(=O)c2ccc(-c3ccccc3)[nH]c2=O)c(C)c1. The number of hydrogen-bond acceptors (Lipinski definition) is 2. The summed E-state index contributed by atoms with van der Waals surface area (Å²) >= 11 is 0. The predicted molar refractivity (Wildman–Crippen MR) is 96.4 cm³/mol. The van der Waals surface area contributed by atoms with Gasteiger partial charge in [-0.25, -0.2) is 0 Å². The van der Waals surface area contributed by atoms with Crippen LogP contribution in [-0.2, 0) is 0 Å². The molecule has 0 aliphatic carbocycles. The van der Waals surface area contributed by atoms with Crippen molar-refractivity contribution in [1.82, 2.24) is 4.98 Å². The Balaban J connectivity index is 1.87. The first-order chi connectivity index (χ1) is 11.5. The molecule has 1 aromatic heterocycles. The molecule has 120 valence electrons. The number of nitrogens with one attached hydrogen (secondary N) is 2. The van der Waals surface area contributed by atoms with E-state index in [1.165, 1.54) is 0 Å². The minimum Gasteiger partial charge on any atom is -0.322 e. The molecule has 0 radical (unpaired) electrons. The van der Waals surface area contributed by atoms with Gasteiger partial charge in [-0.2, -0.15) is 0 Å². The number of anilines is 1. The summed E-state index contributed by atoms with van der Waals surface area (Å²) in [4.78, 5) is 27.4. The van der Waals surface area contributed by atoms with Crippen molar-refractivity contribution in [2.75, 3.05) is 5.32 Å². The lowest BCUT2D eigenvalue weighted by Gasteiger charge is -2.09. The summed E-state index contributed by atoms with van der Waals surface area (Å²) < 4.78 is 0. The second-order valence-electron chi connectivity index (χ2n) is 5.75. The summed E-state index contributed by atoms with van der Waals surface area (Å²) in [6.45, 7) is 3.91. The molecule has 4 nitrogen and oxygen atoms in total. The van der Waals surface area contributed by atoms with Gasteiger partial charge in [-0.1, -0.05) is 48.0 Å². The highest BCUT2D eigenvalue weighted by atomic mass is 16.2. The van der Waals surface area contributed by atoms with Crippen molar-refractivity contribution in [3.05, 3.63) is 87.7 Å². The molecule has 0 unspecified atom stereocenters. The minimum atomic E-state index is -0.414. The zero-order valence-electron chi connectivity index (χ0n) is 13.6. The van der Waals surface area contributed by atoms with Gasteiger partial charge in [0.2, 0.25) is 0 Å². The summed E-state index contributed by atoms with van der Waals surface area (Å²) in [5, 5.41) is 2.79. The Labute approximate surface area is 140 Å². The number of aromatic amines is 1. The second kappa shape index (κ2) is 6.54. The van der Waals surface area contributed by atoms with Gasteiger partial charge < -0.3 is 10.3 Å². The lowest BCUT2D eigenvalue weighted by Crippen LogP contribution is -2.23. The van der Waals surface area contributed by atoms with Gasteiger partial charge in [0.05, 0.1) is 0 Å². The Bertz CT molecular complexity index is 943. The number of pyridine rings is 1. The van der Waals surface area contributed by atoms with E-state index < -0.39 is 11.5 Å². The van der Waals surface area contributed by atoms with Gasteiger partial charge in [0.1, 0.15) is 5.56 Å². The Morgan fingerprint density at radius 2 is 1.71 bits per heavy atom. The zero-order chi connectivity index (χ0) is 17.1. The van der Waals surface area contributed by atoms with Gasteiger partial charge >= 0.3 is 0 Å². The van der Waals surface area contributed by atoms with E-state index in [1.54, 1.807) is 12.1 Å². The number of carbonyl (C=O) groups excluding carboxylic acids is 1. The molecule has 4 heteroatoms. The highest BCUT2D eigenvalue weighted by molar-refractivity contribution is 6.04. The summed E-state index contributed by atoms with van der Waals surface area (Å²) in [5.41, 5.74) is 4.06. The Morgan fingerprint density at radius 1 is 0.958 bits per heavy atom. The average molecular weight is 318 g/mol. The number of hydrogen-bond donors (Lipinski definition) is 2. The van der Waals surface area contributed by atoms with Crippen LogP contribution in [0.2, 0.25) is 0 Å². The van der Waals surface area contributed by atoms with Crippen molar-refractivity contribution >= 4 is 11.6 Å². The van der Waals surface area contributed by atoms with Crippen LogP contribution in [0, 0.1) is 13.8 Å². The van der Waals surface area contributed by atoms with Crippen LogP contribution in [-0.4, -0.2) is 10.9 Å². The summed E-state index contributed by atoms with van der Waals surface area (Å²) in [5.74, 6) is -0.414. The zero-order valence-corrected chi connectivity index (χ0v) is 13.6. The number of amides is 1. The molecule has 0 spiro atoms. The molecule has 3 rings (SSSR count). The topological polar surface area (TPSA) is 62.0 Å². The van der Waals surface area contributed by atoms with E-state index in [1.807, 2.05) is 62.4 Å². The van der Waals surface area contributed by atoms with Crippen LogP contribution >= 0.6 is 0 Å². The Morgan fingerprint density at radius 3 is 2.38 bits per heavy atom. The number of benzene rings is 2. The third-order valence-electron chi connectivity index (χ3n) is 3.87. The van der Waals surface area contributed by atoms with Crippen molar-refractivity contribution in [2.24, 2.45) is 0 Å². The third-order valence-corrected chi connectivity index (χ3v) is 3.87. The molecule has 2 aromatic carbocycles. The van der Waals surface area contributed by atoms with Crippen molar-refractivity contribution in [3.8, 4) is 11.3 Å². The fraction of sp³-hybridized carbons (Fsp3) is 0.100. The van der Waals surface area contributed by atoms with Gasteiger partial charge in [0.15, 0.2) is 0 Å². The molecule has 0 fully saturated rings. The molecule has 0 aliphatic heterocycles. The molecule has 0 bridgehead atoms. The number of aromatic nitrogens is 1. The number of H-pyrrole nitrogens is 1. The number of aryl methyl sites for hydroxylation is 2. The Hall–Kier alpha value is -3.14. The first-order valence-corrected chi connectivity index (χ1v) is 7.72. The molecule has 0 atom stereocenters. The quantitative estimate of drug-likeness (QED) is 0.769. The lowest BCUT2D eigenvalue weighted by molar-refractivity contribution is 0.102. The van der Waals surface area contributed by atoms with Crippen LogP contribution < -0.4 is 10.9 Å². The van der Waals surface area contributed by atoms with Gasteiger partial charge in [-0.05, 0) is 43.2 Å². The van der Waals surface area contributed by atoms with E-state index in [0.29, 0.717) is 11.4 Å². The predicted octanol–water partition coefficient (Wildman–Crippen LogP) is 3.91. The van der Waals surface area contributed by atoms with Crippen LogP contribution in [0.15, 0.2) is 65.5 Å². The summed E-state index contributed by atoms with van der Waals surface area (Å²) in [6, 6.07) is 18.6. The molecule has 1 heterocycles. The van der Waals surface area contributed by atoms with E-state index in [2.05, 4.69) is 10.3 Å².